The molecule has 0 aliphatic carbocycles. The zero-order valence-corrected chi connectivity index (χ0v) is 18.8. The molecule has 1 aliphatic heterocycles. The van der Waals surface area contributed by atoms with E-state index in [1.807, 2.05) is 38.1 Å². The highest BCUT2D eigenvalue weighted by Crippen LogP contribution is 2.23. The molecular formula is C25H32ClN3O. The summed E-state index contributed by atoms with van der Waals surface area (Å²) in [6.07, 6.45) is 3.01. The summed E-state index contributed by atoms with van der Waals surface area (Å²) in [5.74, 6) is 0.105. The molecule has 0 aromatic heterocycles. The van der Waals surface area contributed by atoms with E-state index in [2.05, 4.69) is 58.9 Å². The van der Waals surface area contributed by atoms with Crippen molar-refractivity contribution in [2.24, 2.45) is 0 Å². The van der Waals surface area contributed by atoms with E-state index in [0.717, 1.165) is 30.1 Å². The van der Waals surface area contributed by atoms with Gasteiger partial charge < -0.3 is 10.6 Å². The van der Waals surface area contributed by atoms with Gasteiger partial charge in [-0.05, 0) is 50.5 Å². The Bertz CT molecular complexity index is 866. The van der Waals surface area contributed by atoms with Gasteiger partial charge in [-0.3, -0.25) is 9.69 Å². The first kappa shape index (κ1) is 22.5. The highest BCUT2D eigenvalue weighted by molar-refractivity contribution is 6.30. The second-order valence-electron chi connectivity index (χ2n) is 8.45. The summed E-state index contributed by atoms with van der Waals surface area (Å²) < 4.78 is 0. The number of carbonyl (C=O) groups excluding carboxylic acids is 1. The lowest BCUT2D eigenvalue weighted by Crippen LogP contribution is -2.45. The lowest BCUT2D eigenvalue weighted by atomic mass is 10.1. The Balaban J connectivity index is 1.64. The molecule has 1 saturated heterocycles. The van der Waals surface area contributed by atoms with E-state index in [-0.39, 0.29) is 24.0 Å². The van der Waals surface area contributed by atoms with Gasteiger partial charge in [0.25, 0.3) is 0 Å². The third kappa shape index (κ3) is 6.69. The van der Waals surface area contributed by atoms with Gasteiger partial charge in [-0.1, -0.05) is 65.7 Å². The van der Waals surface area contributed by atoms with Crippen molar-refractivity contribution in [2.75, 3.05) is 13.1 Å². The number of rotatable bonds is 8. The van der Waals surface area contributed by atoms with Crippen LogP contribution in [0.5, 0.6) is 0 Å². The molecule has 4 nitrogen and oxygen atoms in total. The van der Waals surface area contributed by atoms with Crippen LogP contribution in [0.4, 0.5) is 0 Å². The van der Waals surface area contributed by atoms with Gasteiger partial charge in [0.15, 0.2) is 0 Å². The van der Waals surface area contributed by atoms with E-state index in [4.69, 9.17) is 11.6 Å². The maximum absolute atomic E-state index is 12.8. The summed E-state index contributed by atoms with van der Waals surface area (Å²) in [4.78, 5) is 15.1. The minimum absolute atomic E-state index is 0.105. The van der Waals surface area contributed by atoms with Gasteiger partial charge in [-0.25, -0.2) is 0 Å². The van der Waals surface area contributed by atoms with Gasteiger partial charge in [0, 0.05) is 36.7 Å². The number of nitrogens with zero attached hydrogens (tertiary/aromatic N) is 1. The predicted octanol–water partition coefficient (Wildman–Crippen LogP) is 4.50. The normalized spacial score (nSPS) is 20.0. The number of carbonyl (C=O) groups is 1. The van der Waals surface area contributed by atoms with Crippen LogP contribution in [0.3, 0.4) is 0 Å². The molecule has 30 heavy (non-hydrogen) atoms. The van der Waals surface area contributed by atoms with Crippen LogP contribution >= 0.6 is 11.6 Å². The van der Waals surface area contributed by atoms with Gasteiger partial charge in [-0.15, -0.1) is 0 Å². The fourth-order valence-corrected chi connectivity index (χ4v) is 4.15. The van der Waals surface area contributed by atoms with Crippen LogP contribution in [0, 0.1) is 0 Å². The molecule has 3 rings (SSSR count). The number of halogens is 1. The number of hydrogen-bond acceptors (Lipinski definition) is 3. The van der Waals surface area contributed by atoms with Crippen molar-refractivity contribution in [3.63, 3.8) is 0 Å². The number of likely N-dealkylation sites (tertiary alicyclic amines) is 1. The first-order chi connectivity index (χ1) is 14.4. The van der Waals surface area contributed by atoms with E-state index in [9.17, 15) is 4.79 Å². The summed E-state index contributed by atoms with van der Waals surface area (Å²) in [5.41, 5.74) is 3.61. The second-order valence-corrected chi connectivity index (χ2v) is 8.89. The molecular weight excluding hydrogens is 394 g/mol. The van der Waals surface area contributed by atoms with Gasteiger partial charge in [-0.2, -0.15) is 0 Å². The minimum atomic E-state index is -0.137. The third-order valence-corrected chi connectivity index (χ3v) is 5.53. The summed E-state index contributed by atoms with van der Waals surface area (Å²) in [6.45, 7) is 8.50. The topological polar surface area (TPSA) is 44.4 Å². The van der Waals surface area contributed by atoms with Crippen LogP contribution in [0.25, 0.3) is 6.08 Å². The standard InChI is InChI=1S/C25H32ClN3O/c1-18(2)28-25(30)24-14-23(17-29(24)16-21-10-7-11-22(26)13-21)27-15-19(3)12-20-8-5-4-6-9-20/h4-13,18,23-24,27H,14-17H2,1-3H3,(H,28,30)/b19-12+/t23-,24+/m1/s1. The first-order valence-corrected chi connectivity index (χ1v) is 11.0. The van der Waals surface area contributed by atoms with Crippen molar-refractivity contribution in [2.45, 2.75) is 51.9 Å². The summed E-state index contributed by atoms with van der Waals surface area (Å²) in [5, 5.41) is 7.46. The number of benzene rings is 2. The fraction of sp³-hybridized carbons (Fsp3) is 0.400. The van der Waals surface area contributed by atoms with E-state index in [1.165, 1.54) is 11.1 Å². The Kier molecular flexibility index (Phi) is 8.08. The highest BCUT2D eigenvalue weighted by Gasteiger charge is 2.36. The molecule has 0 unspecified atom stereocenters. The quantitative estimate of drug-likeness (QED) is 0.654. The third-order valence-electron chi connectivity index (χ3n) is 5.29. The summed E-state index contributed by atoms with van der Waals surface area (Å²) in [7, 11) is 0. The number of amides is 1. The maximum atomic E-state index is 12.8. The van der Waals surface area contributed by atoms with Crippen LogP contribution in [0.2, 0.25) is 5.02 Å². The van der Waals surface area contributed by atoms with Crippen molar-refractivity contribution in [1.29, 1.82) is 0 Å². The van der Waals surface area contributed by atoms with Crippen molar-refractivity contribution < 1.29 is 4.79 Å². The molecule has 2 aromatic carbocycles. The van der Waals surface area contributed by atoms with Crippen LogP contribution in [-0.2, 0) is 11.3 Å². The minimum Gasteiger partial charge on any atom is -0.353 e. The average molecular weight is 426 g/mol. The van der Waals surface area contributed by atoms with E-state index < -0.39 is 0 Å². The molecule has 2 N–H and O–H groups in total. The summed E-state index contributed by atoms with van der Waals surface area (Å²) in [6, 6.07) is 18.5. The van der Waals surface area contributed by atoms with Gasteiger partial charge in [0.2, 0.25) is 5.91 Å². The number of nitrogens with one attached hydrogen (secondary N) is 2. The highest BCUT2D eigenvalue weighted by atomic mass is 35.5. The lowest BCUT2D eigenvalue weighted by molar-refractivity contribution is -0.126. The van der Waals surface area contributed by atoms with Crippen molar-refractivity contribution >= 4 is 23.6 Å². The Hall–Kier alpha value is -2.14. The van der Waals surface area contributed by atoms with Gasteiger partial charge in [0.05, 0.1) is 6.04 Å². The van der Waals surface area contributed by atoms with Crippen LogP contribution in [0.15, 0.2) is 60.2 Å². The molecule has 1 aliphatic rings. The molecule has 1 amide bonds. The molecule has 1 fully saturated rings. The summed E-state index contributed by atoms with van der Waals surface area (Å²) >= 11 is 6.16. The van der Waals surface area contributed by atoms with E-state index >= 15 is 0 Å². The molecule has 5 heteroatoms. The molecule has 160 valence electrons. The maximum Gasteiger partial charge on any atom is 0.237 e. The molecule has 0 radical (unpaired) electrons. The Labute approximate surface area is 185 Å². The van der Waals surface area contributed by atoms with E-state index in [0.29, 0.717) is 6.54 Å². The predicted molar refractivity (Wildman–Crippen MR) is 125 cm³/mol. The molecule has 2 atom stereocenters. The van der Waals surface area contributed by atoms with Gasteiger partial charge in [0.1, 0.15) is 0 Å². The van der Waals surface area contributed by atoms with Crippen molar-refractivity contribution in [3.8, 4) is 0 Å². The van der Waals surface area contributed by atoms with Crippen LogP contribution in [-0.4, -0.2) is 42.0 Å². The van der Waals surface area contributed by atoms with Crippen LogP contribution in [0.1, 0.15) is 38.3 Å². The fourth-order valence-electron chi connectivity index (χ4n) is 3.94. The smallest absolute Gasteiger partial charge is 0.237 e. The SMILES string of the molecule is C/C(=C\c1ccccc1)CN[C@@H]1C[C@@H](C(=O)NC(C)C)N(Cc2cccc(Cl)c2)C1. The Morgan fingerprint density at radius 2 is 1.97 bits per heavy atom. The Morgan fingerprint density at radius 3 is 2.67 bits per heavy atom. The van der Waals surface area contributed by atoms with Crippen LogP contribution < -0.4 is 10.6 Å². The first-order valence-electron chi connectivity index (χ1n) is 10.6. The van der Waals surface area contributed by atoms with Crippen molar-refractivity contribution in [3.05, 3.63) is 76.3 Å². The number of hydrogen-bond donors (Lipinski definition) is 2. The average Bonchev–Trinajstić information content (AvgIpc) is 3.09. The molecule has 0 spiro atoms. The molecule has 2 aromatic rings. The molecule has 1 heterocycles. The lowest BCUT2D eigenvalue weighted by Gasteiger charge is -2.24. The zero-order valence-electron chi connectivity index (χ0n) is 18.1. The molecule has 0 bridgehead atoms. The van der Waals surface area contributed by atoms with E-state index in [1.54, 1.807) is 0 Å². The van der Waals surface area contributed by atoms with Gasteiger partial charge >= 0.3 is 0 Å². The largest absolute Gasteiger partial charge is 0.353 e. The Morgan fingerprint density at radius 1 is 1.20 bits per heavy atom. The van der Waals surface area contributed by atoms with Crippen molar-refractivity contribution in [1.82, 2.24) is 15.5 Å². The zero-order chi connectivity index (χ0) is 21.5. The molecule has 0 saturated carbocycles. The second kappa shape index (κ2) is 10.8. The monoisotopic (exact) mass is 425 g/mol.